The van der Waals surface area contributed by atoms with Crippen LogP contribution in [-0.2, 0) is 9.84 Å². The molecule has 0 bridgehead atoms. The van der Waals surface area contributed by atoms with Crippen molar-refractivity contribution in [2.45, 2.75) is 4.90 Å². The maximum absolute atomic E-state index is 11.6. The standard InChI is InChI=1S/C20H16N4O2S/c1-27(25,26)18-10-8-15(9-11-18)20-14-24(23-22-20)17-6-4-5-16(13-17)19-7-2-3-12-21-19/h2-14H,1H3. The highest BCUT2D eigenvalue weighted by Gasteiger charge is 2.10. The Balaban J connectivity index is 1.65. The van der Waals surface area contributed by atoms with Crippen LogP contribution in [0, 0.1) is 0 Å². The van der Waals surface area contributed by atoms with Crippen molar-refractivity contribution < 1.29 is 8.42 Å². The first-order chi connectivity index (χ1) is 13.0. The summed E-state index contributed by atoms with van der Waals surface area (Å²) in [6, 6.07) is 20.3. The van der Waals surface area contributed by atoms with E-state index >= 15 is 0 Å². The van der Waals surface area contributed by atoms with E-state index in [-0.39, 0.29) is 4.90 Å². The van der Waals surface area contributed by atoms with E-state index in [9.17, 15) is 8.42 Å². The van der Waals surface area contributed by atoms with Crippen LogP contribution >= 0.6 is 0 Å². The molecule has 7 heteroatoms. The Morgan fingerprint density at radius 2 is 1.67 bits per heavy atom. The van der Waals surface area contributed by atoms with Gasteiger partial charge in [0.25, 0.3) is 0 Å². The quantitative estimate of drug-likeness (QED) is 0.545. The molecule has 2 heterocycles. The van der Waals surface area contributed by atoms with E-state index in [0.717, 1.165) is 22.5 Å². The van der Waals surface area contributed by atoms with Gasteiger partial charge in [0.2, 0.25) is 0 Å². The summed E-state index contributed by atoms with van der Waals surface area (Å²) in [5.41, 5.74) is 4.20. The van der Waals surface area contributed by atoms with Gasteiger partial charge in [-0.25, -0.2) is 13.1 Å². The van der Waals surface area contributed by atoms with Crippen LogP contribution in [0.1, 0.15) is 0 Å². The third-order valence-corrected chi connectivity index (χ3v) is 5.27. The zero-order chi connectivity index (χ0) is 18.9. The summed E-state index contributed by atoms with van der Waals surface area (Å²) in [6.07, 6.45) is 4.76. The molecule has 0 aliphatic carbocycles. The van der Waals surface area contributed by atoms with Gasteiger partial charge in [-0.3, -0.25) is 4.98 Å². The Kier molecular flexibility index (Phi) is 4.29. The highest BCUT2D eigenvalue weighted by Crippen LogP contribution is 2.22. The van der Waals surface area contributed by atoms with Crippen molar-refractivity contribution in [1.29, 1.82) is 0 Å². The van der Waals surface area contributed by atoms with Crippen LogP contribution in [0.5, 0.6) is 0 Å². The van der Waals surface area contributed by atoms with Gasteiger partial charge in [-0.05, 0) is 36.4 Å². The van der Waals surface area contributed by atoms with Crippen molar-refractivity contribution in [3.05, 3.63) is 79.1 Å². The van der Waals surface area contributed by atoms with Gasteiger partial charge >= 0.3 is 0 Å². The second-order valence-electron chi connectivity index (χ2n) is 6.11. The zero-order valence-corrected chi connectivity index (χ0v) is 15.3. The molecule has 6 nitrogen and oxygen atoms in total. The third-order valence-electron chi connectivity index (χ3n) is 4.14. The summed E-state index contributed by atoms with van der Waals surface area (Å²) in [5.74, 6) is 0. The van der Waals surface area contributed by atoms with Gasteiger partial charge in [0.15, 0.2) is 9.84 Å². The summed E-state index contributed by atoms with van der Waals surface area (Å²) < 4.78 is 24.8. The fourth-order valence-electron chi connectivity index (χ4n) is 2.74. The number of nitrogens with zero attached hydrogens (tertiary/aromatic N) is 4. The van der Waals surface area contributed by atoms with Crippen LogP contribution in [0.25, 0.3) is 28.2 Å². The minimum absolute atomic E-state index is 0.279. The van der Waals surface area contributed by atoms with Crippen molar-refractivity contribution in [3.63, 3.8) is 0 Å². The van der Waals surface area contributed by atoms with Crippen LogP contribution in [0.15, 0.2) is 84.0 Å². The van der Waals surface area contributed by atoms with E-state index in [1.807, 2.05) is 48.7 Å². The highest BCUT2D eigenvalue weighted by molar-refractivity contribution is 7.90. The lowest BCUT2D eigenvalue weighted by molar-refractivity contribution is 0.602. The minimum Gasteiger partial charge on any atom is -0.256 e. The first-order valence-electron chi connectivity index (χ1n) is 8.25. The van der Waals surface area contributed by atoms with Gasteiger partial charge < -0.3 is 0 Å². The SMILES string of the molecule is CS(=O)(=O)c1ccc(-c2cn(-c3cccc(-c4ccccn4)c3)nn2)cc1. The number of hydrogen-bond donors (Lipinski definition) is 0. The predicted molar refractivity (Wildman–Crippen MR) is 103 cm³/mol. The van der Waals surface area contributed by atoms with Crippen LogP contribution < -0.4 is 0 Å². The summed E-state index contributed by atoms with van der Waals surface area (Å²) in [4.78, 5) is 4.65. The van der Waals surface area contributed by atoms with Crippen molar-refractivity contribution >= 4 is 9.84 Å². The second-order valence-corrected chi connectivity index (χ2v) is 8.13. The number of hydrogen-bond acceptors (Lipinski definition) is 5. The molecule has 0 aliphatic heterocycles. The van der Waals surface area contributed by atoms with Crippen LogP contribution in [0.2, 0.25) is 0 Å². The van der Waals surface area contributed by atoms with E-state index in [4.69, 9.17) is 0 Å². The van der Waals surface area contributed by atoms with Gasteiger partial charge in [-0.2, -0.15) is 0 Å². The summed E-state index contributed by atoms with van der Waals surface area (Å²) in [5, 5.41) is 8.40. The van der Waals surface area contributed by atoms with Crippen LogP contribution in [-0.4, -0.2) is 34.7 Å². The molecule has 0 saturated heterocycles. The molecule has 4 rings (SSSR count). The Bertz CT molecular complexity index is 1180. The molecule has 0 amide bonds. The lowest BCUT2D eigenvalue weighted by Gasteiger charge is -2.04. The fourth-order valence-corrected chi connectivity index (χ4v) is 3.37. The average Bonchev–Trinajstić information content (AvgIpc) is 3.19. The molecule has 0 atom stereocenters. The summed E-state index contributed by atoms with van der Waals surface area (Å²) >= 11 is 0. The molecule has 4 aromatic rings. The molecule has 27 heavy (non-hydrogen) atoms. The van der Waals surface area contributed by atoms with Crippen LogP contribution in [0.3, 0.4) is 0 Å². The number of rotatable bonds is 4. The Labute approximate surface area is 157 Å². The largest absolute Gasteiger partial charge is 0.256 e. The molecule has 0 aliphatic rings. The zero-order valence-electron chi connectivity index (χ0n) is 14.5. The number of pyridine rings is 1. The van der Waals surface area contributed by atoms with Crippen LogP contribution in [0.4, 0.5) is 0 Å². The van der Waals surface area contributed by atoms with Crippen molar-refractivity contribution in [2.75, 3.05) is 6.26 Å². The van der Waals surface area contributed by atoms with Gasteiger partial charge in [0.1, 0.15) is 5.69 Å². The first-order valence-corrected chi connectivity index (χ1v) is 10.1. The molecular weight excluding hydrogens is 360 g/mol. The van der Waals surface area contributed by atoms with Crippen molar-refractivity contribution in [1.82, 2.24) is 20.0 Å². The Morgan fingerprint density at radius 1 is 0.852 bits per heavy atom. The summed E-state index contributed by atoms with van der Waals surface area (Å²) in [6.45, 7) is 0. The van der Waals surface area contributed by atoms with Gasteiger partial charge in [-0.15, -0.1) is 5.10 Å². The topological polar surface area (TPSA) is 77.7 Å². The smallest absolute Gasteiger partial charge is 0.175 e. The lowest BCUT2D eigenvalue weighted by Crippen LogP contribution is -1.96. The van der Waals surface area contributed by atoms with Crippen molar-refractivity contribution in [3.8, 4) is 28.2 Å². The summed E-state index contributed by atoms with van der Waals surface area (Å²) in [7, 11) is -3.22. The van der Waals surface area contributed by atoms with Gasteiger partial charge in [0.05, 0.1) is 22.5 Å². The van der Waals surface area contributed by atoms with E-state index < -0.39 is 9.84 Å². The molecule has 0 radical (unpaired) electrons. The molecule has 2 aromatic carbocycles. The molecule has 0 saturated carbocycles. The Morgan fingerprint density at radius 3 is 2.37 bits per heavy atom. The highest BCUT2D eigenvalue weighted by atomic mass is 32.2. The predicted octanol–water partition coefficient (Wildman–Crippen LogP) is 3.40. The van der Waals surface area contributed by atoms with E-state index in [1.54, 1.807) is 35.1 Å². The average molecular weight is 376 g/mol. The first kappa shape index (κ1) is 17.1. The molecule has 0 unspecified atom stereocenters. The minimum atomic E-state index is -3.22. The molecular formula is C20H16N4O2S. The second kappa shape index (κ2) is 6.77. The number of benzene rings is 2. The molecule has 2 aromatic heterocycles. The van der Waals surface area contributed by atoms with Gasteiger partial charge in [-0.1, -0.05) is 35.5 Å². The van der Waals surface area contributed by atoms with Gasteiger partial charge in [0, 0.05) is 23.6 Å². The maximum atomic E-state index is 11.6. The Hall–Kier alpha value is -3.32. The van der Waals surface area contributed by atoms with E-state index in [1.165, 1.54) is 6.26 Å². The fraction of sp³-hybridized carbons (Fsp3) is 0.0500. The third kappa shape index (κ3) is 3.63. The monoisotopic (exact) mass is 376 g/mol. The molecule has 0 spiro atoms. The molecule has 134 valence electrons. The lowest BCUT2D eigenvalue weighted by atomic mass is 10.1. The van der Waals surface area contributed by atoms with E-state index in [2.05, 4.69) is 15.3 Å². The normalized spacial score (nSPS) is 11.4. The van der Waals surface area contributed by atoms with Crippen molar-refractivity contribution in [2.24, 2.45) is 0 Å². The molecule has 0 fully saturated rings. The number of aromatic nitrogens is 4. The maximum Gasteiger partial charge on any atom is 0.175 e. The number of sulfone groups is 1. The molecule has 0 N–H and O–H groups in total. The van der Waals surface area contributed by atoms with E-state index in [0.29, 0.717) is 5.69 Å².